The number of hydrogen-bond donors (Lipinski definition) is 0. The highest BCUT2D eigenvalue weighted by Gasteiger charge is 2.38. The summed E-state index contributed by atoms with van der Waals surface area (Å²) in [6.45, 7) is 0.271. The van der Waals surface area contributed by atoms with Crippen LogP contribution in [0, 0.1) is 0 Å². The molecule has 6 nitrogen and oxygen atoms in total. The van der Waals surface area contributed by atoms with Crippen molar-refractivity contribution in [2.45, 2.75) is 12.7 Å². The van der Waals surface area contributed by atoms with Crippen LogP contribution >= 0.6 is 0 Å². The van der Waals surface area contributed by atoms with Gasteiger partial charge in [0.15, 0.2) is 0 Å². The maximum absolute atomic E-state index is 12.6. The average molecular weight is 372 g/mol. The normalized spacial score (nSPS) is 11.8. The van der Waals surface area contributed by atoms with E-state index in [4.69, 9.17) is 0 Å². The lowest BCUT2D eigenvalue weighted by Gasteiger charge is -2.08. The van der Waals surface area contributed by atoms with Crippen molar-refractivity contribution in [1.82, 2.24) is 19.7 Å². The Balaban J connectivity index is 1.66. The van der Waals surface area contributed by atoms with Crippen molar-refractivity contribution < 1.29 is 17.7 Å². The number of nitrogens with zero attached hydrogens (tertiary/aromatic N) is 4. The van der Waals surface area contributed by atoms with Crippen LogP contribution < -0.4 is 5.56 Å². The van der Waals surface area contributed by atoms with Crippen molar-refractivity contribution in [3.63, 3.8) is 0 Å². The molecule has 27 heavy (non-hydrogen) atoms. The quantitative estimate of drug-likeness (QED) is 0.550. The van der Waals surface area contributed by atoms with Crippen molar-refractivity contribution in [2.75, 3.05) is 0 Å². The van der Waals surface area contributed by atoms with Crippen LogP contribution in [-0.4, -0.2) is 19.7 Å². The Morgan fingerprint density at radius 3 is 2.67 bits per heavy atom. The van der Waals surface area contributed by atoms with E-state index < -0.39 is 17.6 Å². The Labute approximate surface area is 149 Å². The number of rotatable bonds is 3. The molecule has 1 aromatic carbocycles. The fourth-order valence-corrected chi connectivity index (χ4v) is 2.71. The van der Waals surface area contributed by atoms with Crippen LogP contribution in [0.1, 0.15) is 11.5 Å². The van der Waals surface area contributed by atoms with E-state index >= 15 is 0 Å². The van der Waals surface area contributed by atoms with Gasteiger partial charge in [0.25, 0.3) is 5.56 Å². The third-order valence-electron chi connectivity index (χ3n) is 3.98. The molecule has 136 valence electrons. The number of fused-ring (bicyclic) bond motifs is 1. The van der Waals surface area contributed by atoms with E-state index in [2.05, 4.69) is 19.6 Å². The summed E-state index contributed by atoms with van der Waals surface area (Å²) < 4.78 is 43.3. The number of hydrogen-bond acceptors (Lipinski definition) is 5. The number of para-hydroxylation sites is 1. The van der Waals surface area contributed by atoms with Crippen LogP contribution in [0.25, 0.3) is 22.3 Å². The topological polar surface area (TPSA) is 73.8 Å². The van der Waals surface area contributed by atoms with Crippen molar-refractivity contribution >= 4 is 10.9 Å². The SMILES string of the molecule is O=c1cc(-c2noc(C(F)(F)F)n2)ccn1Cc1cccc2cccnc12. The molecule has 0 amide bonds. The Morgan fingerprint density at radius 1 is 1.11 bits per heavy atom. The molecule has 3 heterocycles. The summed E-state index contributed by atoms with van der Waals surface area (Å²) in [6, 6.07) is 12.0. The van der Waals surface area contributed by atoms with Crippen molar-refractivity contribution in [1.29, 1.82) is 0 Å². The zero-order valence-electron chi connectivity index (χ0n) is 13.6. The Morgan fingerprint density at radius 2 is 1.93 bits per heavy atom. The fraction of sp³-hybridized carbons (Fsp3) is 0.111. The molecule has 3 aromatic heterocycles. The van der Waals surface area contributed by atoms with Crippen molar-refractivity contribution in [2.24, 2.45) is 0 Å². The van der Waals surface area contributed by atoms with Crippen LogP contribution in [0.3, 0.4) is 0 Å². The van der Waals surface area contributed by atoms with E-state index in [9.17, 15) is 18.0 Å². The molecule has 4 rings (SSSR count). The summed E-state index contributed by atoms with van der Waals surface area (Å²) in [5.41, 5.74) is 1.37. The Kier molecular flexibility index (Phi) is 3.98. The van der Waals surface area contributed by atoms with Gasteiger partial charge in [-0.1, -0.05) is 29.4 Å². The van der Waals surface area contributed by atoms with Gasteiger partial charge in [-0.2, -0.15) is 18.2 Å². The van der Waals surface area contributed by atoms with Crippen molar-refractivity contribution in [3.8, 4) is 11.4 Å². The molecule has 0 aliphatic carbocycles. The highest BCUT2D eigenvalue weighted by molar-refractivity contribution is 5.81. The van der Waals surface area contributed by atoms with Gasteiger partial charge in [-0.3, -0.25) is 9.78 Å². The monoisotopic (exact) mass is 372 g/mol. The van der Waals surface area contributed by atoms with Gasteiger partial charge in [-0.05, 0) is 17.7 Å². The lowest BCUT2D eigenvalue weighted by atomic mass is 10.1. The summed E-state index contributed by atoms with van der Waals surface area (Å²) >= 11 is 0. The molecular formula is C18H11F3N4O2. The molecule has 0 N–H and O–H groups in total. The van der Waals surface area contributed by atoms with Crippen LogP contribution in [0.5, 0.6) is 0 Å². The predicted molar refractivity (Wildman–Crippen MR) is 89.8 cm³/mol. The highest BCUT2D eigenvalue weighted by Crippen LogP contribution is 2.29. The molecule has 0 atom stereocenters. The summed E-state index contributed by atoms with van der Waals surface area (Å²) in [6.07, 6.45) is -1.59. The minimum atomic E-state index is -4.73. The van der Waals surface area contributed by atoms with E-state index in [-0.39, 0.29) is 17.9 Å². The lowest BCUT2D eigenvalue weighted by Crippen LogP contribution is -2.19. The smallest absolute Gasteiger partial charge is 0.329 e. The first-order valence-electron chi connectivity index (χ1n) is 7.86. The van der Waals surface area contributed by atoms with E-state index in [0.29, 0.717) is 0 Å². The Hall–Kier alpha value is -3.49. The first-order chi connectivity index (χ1) is 12.9. The highest BCUT2D eigenvalue weighted by atomic mass is 19.4. The van der Waals surface area contributed by atoms with E-state index in [1.54, 1.807) is 6.20 Å². The zero-order valence-corrected chi connectivity index (χ0v) is 13.6. The zero-order chi connectivity index (χ0) is 19.0. The number of pyridine rings is 2. The lowest BCUT2D eigenvalue weighted by molar-refractivity contribution is -0.159. The molecule has 0 aliphatic rings. The predicted octanol–water partition coefficient (Wildman–Crippen LogP) is 3.51. The number of aromatic nitrogens is 4. The van der Waals surface area contributed by atoms with Crippen LogP contribution in [-0.2, 0) is 12.7 Å². The van der Waals surface area contributed by atoms with Gasteiger partial charge in [-0.25, -0.2) is 0 Å². The minimum absolute atomic E-state index is 0.145. The molecule has 0 radical (unpaired) electrons. The van der Waals surface area contributed by atoms with Gasteiger partial charge in [-0.15, -0.1) is 0 Å². The average Bonchev–Trinajstić information content (AvgIpc) is 3.14. The van der Waals surface area contributed by atoms with Gasteiger partial charge in [0.1, 0.15) is 0 Å². The number of halogens is 3. The van der Waals surface area contributed by atoms with Crippen LogP contribution in [0.15, 0.2) is 64.2 Å². The molecule has 9 heteroatoms. The second-order valence-electron chi connectivity index (χ2n) is 5.79. The molecular weight excluding hydrogens is 361 g/mol. The maximum atomic E-state index is 12.6. The fourth-order valence-electron chi connectivity index (χ4n) is 2.71. The third-order valence-corrected chi connectivity index (χ3v) is 3.98. The van der Waals surface area contributed by atoms with E-state index in [1.165, 1.54) is 22.9 Å². The van der Waals surface area contributed by atoms with Crippen molar-refractivity contribution in [3.05, 3.63) is 76.7 Å². The first kappa shape index (κ1) is 17.0. The molecule has 0 aliphatic heterocycles. The van der Waals surface area contributed by atoms with Crippen LogP contribution in [0.2, 0.25) is 0 Å². The molecule has 0 bridgehead atoms. The van der Waals surface area contributed by atoms with Gasteiger partial charge < -0.3 is 9.09 Å². The maximum Gasteiger partial charge on any atom is 0.471 e. The molecule has 0 spiro atoms. The Bertz CT molecular complexity index is 1180. The first-order valence-corrected chi connectivity index (χ1v) is 7.86. The molecule has 0 fully saturated rings. The summed E-state index contributed by atoms with van der Waals surface area (Å²) in [5.74, 6) is -1.75. The molecule has 4 aromatic rings. The molecule has 0 saturated carbocycles. The summed E-state index contributed by atoms with van der Waals surface area (Å²) in [5, 5.41) is 4.23. The molecule has 0 saturated heterocycles. The second kappa shape index (κ2) is 6.35. The number of alkyl halides is 3. The van der Waals surface area contributed by atoms with E-state index in [0.717, 1.165) is 16.5 Å². The standard InChI is InChI=1S/C18H11F3N4O2/c19-18(20,21)17-23-16(24-27-17)12-6-8-25(14(26)9-12)10-13-4-1-3-11-5-2-7-22-15(11)13/h1-9H,10H2. The summed E-state index contributed by atoms with van der Waals surface area (Å²) in [7, 11) is 0. The van der Waals surface area contributed by atoms with Gasteiger partial charge in [0, 0.05) is 29.4 Å². The van der Waals surface area contributed by atoms with Gasteiger partial charge in [0.05, 0.1) is 12.1 Å². The largest absolute Gasteiger partial charge is 0.471 e. The van der Waals surface area contributed by atoms with Gasteiger partial charge in [0.2, 0.25) is 5.82 Å². The third kappa shape index (κ3) is 3.31. The minimum Gasteiger partial charge on any atom is -0.329 e. The molecule has 0 unspecified atom stereocenters. The second-order valence-corrected chi connectivity index (χ2v) is 5.79. The summed E-state index contributed by atoms with van der Waals surface area (Å²) in [4.78, 5) is 20.0. The number of benzene rings is 1. The van der Waals surface area contributed by atoms with Crippen LogP contribution in [0.4, 0.5) is 13.2 Å². The van der Waals surface area contributed by atoms with E-state index in [1.807, 2.05) is 30.3 Å². The van der Waals surface area contributed by atoms with Gasteiger partial charge >= 0.3 is 12.1 Å².